The Morgan fingerprint density at radius 2 is 0.776 bits per heavy atom. The van der Waals surface area contributed by atoms with Gasteiger partial charge in [-0.05, 0) is 64.2 Å². The molecule has 0 aliphatic carbocycles. The van der Waals surface area contributed by atoms with Gasteiger partial charge < -0.3 is 39.9 Å². The van der Waals surface area contributed by atoms with Gasteiger partial charge in [-0.2, -0.15) is 0 Å². The number of unbranched alkanes of at least 4 members (excludes halogenated alkanes) is 30. The van der Waals surface area contributed by atoms with Crippen LogP contribution >= 0.6 is 7.82 Å². The molecule has 0 aromatic rings. The first-order chi connectivity index (χ1) is 32.5. The fraction of sp³-hybridized carbons (Fsp3) is 0.887. The van der Waals surface area contributed by atoms with E-state index >= 15 is 0 Å². The van der Waals surface area contributed by atoms with Gasteiger partial charge in [0, 0.05) is 12.8 Å². The molecule has 0 rings (SSSR count). The zero-order valence-corrected chi connectivity index (χ0v) is 43.4. The fourth-order valence-electron chi connectivity index (χ4n) is 7.76. The van der Waals surface area contributed by atoms with Crippen LogP contribution in [-0.2, 0) is 32.7 Å². The molecule has 0 aromatic carbocycles. The van der Waals surface area contributed by atoms with Crippen LogP contribution in [0, 0.1) is 0 Å². The minimum Gasteiger partial charge on any atom is -0.462 e. The lowest BCUT2D eigenvalue weighted by Gasteiger charge is -2.26. The molecule has 0 saturated carbocycles. The number of aliphatic hydroxyl groups is 5. The Balaban J connectivity index is 4.51. The summed E-state index contributed by atoms with van der Waals surface area (Å²) in [4.78, 5) is 35.6. The molecule has 0 aromatic heterocycles. The van der Waals surface area contributed by atoms with Crippen LogP contribution in [0.1, 0.15) is 245 Å². The van der Waals surface area contributed by atoms with Gasteiger partial charge in [-0.1, -0.05) is 192 Å². The smallest absolute Gasteiger partial charge is 0.462 e. The summed E-state index contributed by atoms with van der Waals surface area (Å²) in [6, 6.07) is 0. The third-order valence-corrected chi connectivity index (χ3v) is 13.1. The summed E-state index contributed by atoms with van der Waals surface area (Å²) in [7, 11) is -4.90. The number of aliphatic hydroxyl groups excluding tert-OH is 5. The first-order valence-corrected chi connectivity index (χ1v) is 28.6. The normalized spacial score (nSPS) is 15.2. The van der Waals surface area contributed by atoms with Crippen molar-refractivity contribution < 1.29 is 63.1 Å². The standard InChI is InChI=1S/C53H101O13P/c1-3-5-7-9-11-13-15-17-19-21-23-25-27-29-31-33-35-37-39-41-50(57)63-44-47(45-64-67(61,62)65-46-49(56)53(60)52(59)48(55)43-54)66-51(58)42-40-38-36-34-32-30-28-26-24-22-20-18-16-14-12-10-8-6-4-2/h19-22,47-49,52-56,59-60H,3-18,23-46H2,1-2H3,(H,61,62)/b21-19?,22-20-/t47-,48-,49-,52-,53-/m1/s1. The molecule has 1 unspecified atom stereocenters. The summed E-state index contributed by atoms with van der Waals surface area (Å²) in [6.07, 6.45) is 41.0. The molecule has 0 radical (unpaired) electrons. The van der Waals surface area contributed by atoms with Crippen molar-refractivity contribution in [3.63, 3.8) is 0 Å². The highest BCUT2D eigenvalue weighted by Gasteiger charge is 2.33. The molecule has 0 saturated heterocycles. The maximum absolute atomic E-state index is 12.8. The molecule has 396 valence electrons. The maximum Gasteiger partial charge on any atom is 0.472 e. The molecule has 0 fully saturated rings. The van der Waals surface area contributed by atoms with Crippen molar-refractivity contribution in [1.29, 1.82) is 0 Å². The third kappa shape index (κ3) is 44.0. The largest absolute Gasteiger partial charge is 0.472 e. The van der Waals surface area contributed by atoms with Gasteiger partial charge >= 0.3 is 19.8 Å². The highest BCUT2D eigenvalue weighted by atomic mass is 31.2. The van der Waals surface area contributed by atoms with Crippen LogP contribution in [0.2, 0.25) is 0 Å². The molecule has 6 atom stereocenters. The molecular formula is C53H101O13P. The number of hydrogen-bond acceptors (Lipinski definition) is 12. The van der Waals surface area contributed by atoms with Crippen LogP contribution in [0.5, 0.6) is 0 Å². The summed E-state index contributed by atoms with van der Waals surface area (Å²) in [5.74, 6) is -1.05. The predicted molar refractivity (Wildman–Crippen MR) is 270 cm³/mol. The van der Waals surface area contributed by atoms with Gasteiger partial charge in [0.1, 0.15) is 31.0 Å². The number of esters is 2. The van der Waals surface area contributed by atoms with Crippen molar-refractivity contribution in [1.82, 2.24) is 0 Å². The number of hydrogen-bond donors (Lipinski definition) is 6. The summed E-state index contributed by atoms with van der Waals surface area (Å²) in [5.41, 5.74) is 0. The number of carbonyl (C=O) groups is 2. The number of allylic oxidation sites excluding steroid dienone is 4. The van der Waals surface area contributed by atoms with Crippen molar-refractivity contribution in [2.45, 2.75) is 276 Å². The van der Waals surface area contributed by atoms with Gasteiger partial charge in [-0.15, -0.1) is 0 Å². The minimum atomic E-state index is -4.90. The van der Waals surface area contributed by atoms with Crippen molar-refractivity contribution in [2.75, 3.05) is 26.4 Å². The molecule has 13 nitrogen and oxygen atoms in total. The van der Waals surface area contributed by atoms with E-state index in [4.69, 9.17) is 23.6 Å². The Bertz CT molecular complexity index is 1220. The van der Waals surface area contributed by atoms with E-state index in [2.05, 4.69) is 38.2 Å². The summed E-state index contributed by atoms with van der Waals surface area (Å²) >= 11 is 0. The quantitative estimate of drug-likeness (QED) is 0.0145. The monoisotopic (exact) mass is 977 g/mol. The summed E-state index contributed by atoms with van der Waals surface area (Å²) in [5, 5.41) is 48.3. The molecule has 67 heavy (non-hydrogen) atoms. The molecule has 0 aliphatic rings. The topological polar surface area (TPSA) is 210 Å². The third-order valence-electron chi connectivity index (χ3n) is 12.2. The minimum absolute atomic E-state index is 0.116. The van der Waals surface area contributed by atoms with Gasteiger partial charge in [0.25, 0.3) is 0 Å². The van der Waals surface area contributed by atoms with E-state index < -0.39 is 76.7 Å². The van der Waals surface area contributed by atoms with Crippen LogP contribution in [0.15, 0.2) is 24.3 Å². The zero-order valence-electron chi connectivity index (χ0n) is 42.5. The number of phosphoric ester groups is 1. The van der Waals surface area contributed by atoms with Crippen LogP contribution in [0.25, 0.3) is 0 Å². The van der Waals surface area contributed by atoms with E-state index in [0.717, 1.165) is 57.8 Å². The zero-order chi connectivity index (χ0) is 49.5. The lowest BCUT2D eigenvalue weighted by molar-refractivity contribution is -0.161. The molecule has 0 spiro atoms. The van der Waals surface area contributed by atoms with E-state index in [1.165, 1.54) is 148 Å². The number of phosphoric acid groups is 1. The Labute approximate surface area is 407 Å². The van der Waals surface area contributed by atoms with Gasteiger partial charge in [0.05, 0.1) is 19.8 Å². The second-order valence-electron chi connectivity index (χ2n) is 18.7. The predicted octanol–water partition coefficient (Wildman–Crippen LogP) is 12.2. The lowest BCUT2D eigenvalue weighted by atomic mass is 10.0. The van der Waals surface area contributed by atoms with Gasteiger partial charge in [0.15, 0.2) is 6.10 Å². The Kier molecular flexibility index (Phi) is 46.8. The van der Waals surface area contributed by atoms with Crippen molar-refractivity contribution in [2.24, 2.45) is 0 Å². The van der Waals surface area contributed by atoms with Gasteiger partial charge in [-0.3, -0.25) is 18.6 Å². The lowest BCUT2D eigenvalue weighted by Crippen LogP contribution is -2.47. The SMILES string of the molecule is CCCCCCCCCC=CCCCCCCCCCCC(=O)OC[C@H](COP(=O)(O)OC[C@@H](O)[C@@H](O)[C@H](O)[C@H](O)CO)OC(=O)CCCCCCCCCC/C=C\CCCCCCCCC. The van der Waals surface area contributed by atoms with Crippen molar-refractivity contribution in [3.8, 4) is 0 Å². The highest BCUT2D eigenvalue weighted by Crippen LogP contribution is 2.43. The molecule has 0 aliphatic heterocycles. The Morgan fingerprint density at radius 3 is 1.16 bits per heavy atom. The summed E-state index contributed by atoms with van der Waals surface area (Å²) in [6.45, 7) is 1.57. The molecule has 6 N–H and O–H groups in total. The summed E-state index contributed by atoms with van der Waals surface area (Å²) < 4.78 is 33.2. The van der Waals surface area contributed by atoms with Crippen molar-refractivity contribution in [3.05, 3.63) is 24.3 Å². The average molecular weight is 977 g/mol. The second-order valence-corrected chi connectivity index (χ2v) is 20.1. The molecule has 14 heteroatoms. The molecule has 0 heterocycles. The Morgan fingerprint density at radius 1 is 0.448 bits per heavy atom. The fourth-order valence-corrected chi connectivity index (χ4v) is 8.53. The van der Waals surface area contributed by atoms with Crippen LogP contribution in [-0.4, -0.2) is 99.3 Å². The molecular weight excluding hydrogens is 876 g/mol. The number of ether oxygens (including phenoxy) is 2. The van der Waals surface area contributed by atoms with E-state index in [9.17, 15) is 39.5 Å². The van der Waals surface area contributed by atoms with Crippen LogP contribution in [0.3, 0.4) is 0 Å². The number of rotatable bonds is 51. The van der Waals surface area contributed by atoms with E-state index in [1.807, 2.05) is 0 Å². The van der Waals surface area contributed by atoms with Gasteiger partial charge in [0.2, 0.25) is 0 Å². The van der Waals surface area contributed by atoms with E-state index in [-0.39, 0.29) is 12.8 Å². The Hall–Kier alpha value is -1.67. The highest BCUT2D eigenvalue weighted by molar-refractivity contribution is 7.47. The maximum atomic E-state index is 12.8. The van der Waals surface area contributed by atoms with Crippen molar-refractivity contribution >= 4 is 19.8 Å². The molecule has 0 amide bonds. The van der Waals surface area contributed by atoms with Crippen LogP contribution < -0.4 is 0 Å². The first kappa shape index (κ1) is 65.3. The van der Waals surface area contributed by atoms with E-state index in [0.29, 0.717) is 12.8 Å². The molecule has 0 bridgehead atoms. The van der Waals surface area contributed by atoms with Gasteiger partial charge in [-0.25, -0.2) is 4.57 Å². The van der Waals surface area contributed by atoms with Crippen LogP contribution in [0.4, 0.5) is 0 Å². The number of carbonyl (C=O) groups excluding carboxylic acids is 2. The average Bonchev–Trinajstić information content (AvgIpc) is 3.32. The second kappa shape index (κ2) is 48.0. The first-order valence-electron chi connectivity index (χ1n) is 27.1. The van der Waals surface area contributed by atoms with E-state index in [1.54, 1.807) is 0 Å².